The normalized spacial score (nSPS) is 11.1. The molecule has 26 heavy (non-hydrogen) atoms. The van der Waals surface area contributed by atoms with Crippen molar-refractivity contribution in [1.82, 2.24) is 9.78 Å². The van der Waals surface area contributed by atoms with Crippen molar-refractivity contribution >= 4 is 34.1 Å². The second-order valence-electron chi connectivity index (χ2n) is 5.85. The van der Waals surface area contributed by atoms with Crippen molar-refractivity contribution in [2.75, 3.05) is 0 Å². The Bertz CT molecular complexity index is 1140. The number of rotatable bonds is 4. The van der Waals surface area contributed by atoms with Crippen LogP contribution in [0, 0.1) is 0 Å². The minimum absolute atomic E-state index is 0.0900. The zero-order valence-electron chi connectivity index (χ0n) is 13.6. The summed E-state index contributed by atoms with van der Waals surface area (Å²) in [4.78, 5) is 13.3. The lowest BCUT2D eigenvalue weighted by atomic mass is 10.0. The first-order valence-electron chi connectivity index (χ1n) is 8.04. The molecule has 0 bridgehead atoms. The molecule has 0 aliphatic carbocycles. The van der Waals surface area contributed by atoms with Gasteiger partial charge in [-0.3, -0.25) is 9.89 Å². The van der Waals surface area contributed by atoms with Crippen LogP contribution in [-0.4, -0.2) is 14.9 Å². The van der Waals surface area contributed by atoms with E-state index in [4.69, 9.17) is 11.6 Å². The summed E-state index contributed by atoms with van der Waals surface area (Å²) in [6.45, 7) is 0.367. The van der Waals surface area contributed by atoms with Crippen LogP contribution in [0.1, 0.15) is 5.56 Å². The Balaban J connectivity index is 1.70. The van der Waals surface area contributed by atoms with Gasteiger partial charge < -0.3 is 5.11 Å². The summed E-state index contributed by atoms with van der Waals surface area (Å²) in [7, 11) is 0. The molecule has 4 aromatic rings. The fourth-order valence-corrected chi connectivity index (χ4v) is 4.02. The zero-order valence-corrected chi connectivity index (χ0v) is 15.2. The van der Waals surface area contributed by atoms with E-state index in [9.17, 15) is 9.90 Å². The standard InChI is InChI=1S/C20H15ClN2O2S/c21-16-10-3-4-11-17(16)26-18-19(24)22-23(20(18)25)12-14-8-5-7-13-6-1-2-9-15(13)14/h1-11,25H,12H2,(H,22,24). The quantitative estimate of drug-likeness (QED) is 0.528. The molecule has 4 nitrogen and oxygen atoms in total. The minimum atomic E-state index is -0.340. The summed E-state index contributed by atoms with van der Waals surface area (Å²) >= 11 is 7.32. The highest BCUT2D eigenvalue weighted by Gasteiger charge is 2.17. The topological polar surface area (TPSA) is 58.0 Å². The van der Waals surface area contributed by atoms with Gasteiger partial charge in [-0.2, -0.15) is 0 Å². The van der Waals surface area contributed by atoms with Gasteiger partial charge in [-0.15, -0.1) is 0 Å². The summed E-state index contributed by atoms with van der Waals surface area (Å²) < 4.78 is 1.46. The second kappa shape index (κ2) is 6.94. The van der Waals surface area contributed by atoms with Gasteiger partial charge in [-0.05, 0) is 28.5 Å². The Morgan fingerprint density at radius 2 is 1.73 bits per heavy atom. The number of aromatic amines is 1. The first kappa shape index (κ1) is 16.8. The Morgan fingerprint density at radius 3 is 2.58 bits per heavy atom. The van der Waals surface area contributed by atoms with Crippen LogP contribution in [-0.2, 0) is 6.54 Å². The molecule has 0 aliphatic heterocycles. The highest BCUT2D eigenvalue weighted by Crippen LogP contribution is 2.35. The summed E-state index contributed by atoms with van der Waals surface area (Å²) in [5, 5.41) is 16.0. The summed E-state index contributed by atoms with van der Waals surface area (Å²) in [6.07, 6.45) is 0. The van der Waals surface area contributed by atoms with E-state index in [0.717, 1.165) is 33.0 Å². The lowest BCUT2D eigenvalue weighted by Gasteiger charge is -2.08. The third kappa shape index (κ3) is 3.11. The number of hydrogen-bond acceptors (Lipinski definition) is 3. The van der Waals surface area contributed by atoms with Crippen LogP contribution in [0.15, 0.2) is 81.3 Å². The number of nitrogens with zero attached hydrogens (tertiary/aromatic N) is 1. The molecule has 0 unspecified atom stereocenters. The number of nitrogens with one attached hydrogen (secondary N) is 1. The smallest absolute Gasteiger partial charge is 0.282 e. The maximum Gasteiger partial charge on any atom is 0.282 e. The molecule has 0 saturated heterocycles. The number of hydrogen-bond donors (Lipinski definition) is 2. The van der Waals surface area contributed by atoms with Crippen LogP contribution in [0.25, 0.3) is 10.8 Å². The van der Waals surface area contributed by atoms with Gasteiger partial charge in [-0.25, -0.2) is 4.68 Å². The number of halogens is 1. The van der Waals surface area contributed by atoms with Crippen LogP contribution in [0.4, 0.5) is 0 Å². The van der Waals surface area contributed by atoms with Crippen LogP contribution >= 0.6 is 23.4 Å². The van der Waals surface area contributed by atoms with Gasteiger partial charge in [0.05, 0.1) is 11.6 Å². The molecule has 2 N–H and O–H groups in total. The highest BCUT2D eigenvalue weighted by molar-refractivity contribution is 7.99. The van der Waals surface area contributed by atoms with Crippen molar-refractivity contribution in [3.8, 4) is 5.88 Å². The molecule has 130 valence electrons. The largest absolute Gasteiger partial charge is 0.493 e. The number of aromatic hydroxyl groups is 1. The zero-order chi connectivity index (χ0) is 18.1. The van der Waals surface area contributed by atoms with E-state index in [0.29, 0.717) is 11.6 Å². The Labute approximate surface area is 159 Å². The van der Waals surface area contributed by atoms with Crippen LogP contribution in [0.5, 0.6) is 5.88 Å². The molecule has 0 spiro atoms. The van der Waals surface area contributed by atoms with E-state index in [-0.39, 0.29) is 16.3 Å². The van der Waals surface area contributed by atoms with Crippen molar-refractivity contribution < 1.29 is 5.11 Å². The van der Waals surface area contributed by atoms with Crippen molar-refractivity contribution in [3.05, 3.63) is 87.7 Å². The molecule has 0 radical (unpaired) electrons. The van der Waals surface area contributed by atoms with Crippen molar-refractivity contribution in [2.45, 2.75) is 16.3 Å². The van der Waals surface area contributed by atoms with Gasteiger partial charge in [0.15, 0.2) is 0 Å². The molecular weight excluding hydrogens is 368 g/mol. The number of benzene rings is 3. The highest BCUT2D eigenvalue weighted by atomic mass is 35.5. The van der Waals surface area contributed by atoms with Crippen molar-refractivity contribution in [3.63, 3.8) is 0 Å². The van der Waals surface area contributed by atoms with Crippen LogP contribution < -0.4 is 5.56 Å². The molecule has 1 aromatic heterocycles. The van der Waals surface area contributed by atoms with Crippen LogP contribution in [0.3, 0.4) is 0 Å². The Morgan fingerprint density at radius 1 is 1.00 bits per heavy atom. The first-order chi connectivity index (χ1) is 12.6. The lowest BCUT2D eigenvalue weighted by Crippen LogP contribution is -2.07. The molecule has 6 heteroatoms. The van der Waals surface area contributed by atoms with Gasteiger partial charge in [0.25, 0.3) is 5.56 Å². The third-order valence-corrected chi connectivity index (χ3v) is 5.75. The van der Waals surface area contributed by atoms with Gasteiger partial charge in [0.1, 0.15) is 4.90 Å². The monoisotopic (exact) mass is 382 g/mol. The third-order valence-electron chi connectivity index (χ3n) is 4.16. The van der Waals surface area contributed by atoms with E-state index >= 15 is 0 Å². The number of fused-ring (bicyclic) bond motifs is 1. The van der Waals surface area contributed by atoms with E-state index in [1.165, 1.54) is 4.68 Å². The van der Waals surface area contributed by atoms with Crippen molar-refractivity contribution in [2.24, 2.45) is 0 Å². The molecule has 0 fully saturated rings. The molecule has 0 saturated carbocycles. The fraction of sp³-hybridized carbons (Fsp3) is 0.0500. The summed E-state index contributed by atoms with van der Waals surface area (Å²) in [5.41, 5.74) is 0.673. The number of aromatic nitrogens is 2. The van der Waals surface area contributed by atoms with E-state index in [2.05, 4.69) is 5.10 Å². The lowest BCUT2D eigenvalue weighted by molar-refractivity contribution is 0.400. The molecule has 3 aromatic carbocycles. The number of H-pyrrole nitrogens is 1. The molecular formula is C20H15ClN2O2S. The fourth-order valence-electron chi connectivity index (χ4n) is 2.89. The molecule has 4 rings (SSSR count). The molecule has 0 amide bonds. The van der Waals surface area contributed by atoms with E-state index < -0.39 is 0 Å². The van der Waals surface area contributed by atoms with E-state index in [1.54, 1.807) is 6.07 Å². The Hall–Kier alpha value is -2.63. The van der Waals surface area contributed by atoms with E-state index in [1.807, 2.05) is 60.7 Å². The molecule has 1 heterocycles. The minimum Gasteiger partial charge on any atom is -0.493 e. The predicted molar refractivity (Wildman–Crippen MR) is 105 cm³/mol. The average Bonchev–Trinajstić information content (AvgIpc) is 2.91. The maximum atomic E-state index is 12.3. The maximum absolute atomic E-state index is 12.3. The average molecular weight is 383 g/mol. The summed E-state index contributed by atoms with van der Waals surface area (Å²) in [6, 6.07) is 21.2. The van der Waals surface area contributed by atoms with Gasteiger partial charge in [0, 0.05) is 4.90 Å². The summed E-state index contributed by atoms with van der Waals surface area (Å²) in [5.74, 6) is -0.0900. The second-order valence-corrected chi connectivity index (χ2v) is 7.31. The van der Waals surface area contributed by atoms with Gasteiger partial charge >= 0.3 is 0 Å². The van der Waals surface area contributed by atoms with Gasteiger partial charge in [-0.1, -0.05) is 78.0 Å². The van der Waals surface area contributed by atoms with Crippen LogP contribution in [0.2, 0.25) is 5.02 Å². The SMILES string of the molecule is O=c1[nH]n(Cc2cccc3ccccc23)c(O)c1Sc1ccccc1Cl. The van der Waals surface area contributed by atoms with Gasteiger partial charge in [0.2, 0.25) is 5.88 Å². The Kier molecular flexibility index (Phi) is 4.49. The van der Waals surface area contributed by atoms with Crippen molar-refractivity contribution in [1.29, 1.82) is 0 Å². The first-order valence-corrected chi connectivity index (χ1v) is 9.24. The molecule has 0 aliphatic rings. The predicted octanol–water partition coefficient (Wildman–Crippen LogP) is 4.89. The molecule has 0 atom stereocenters.